The van der Waals surface area contributed by atoms with Crippen molar-refractivity contribution >= 4 is 11.3 Å². The second-order valence-electron chi connectivity index (χ2n) is 6.54. The van der Waals surface area contributed by atoms with Crippen LogP contribution in [0.1, 0.15) is 35.7 Å². The largest absolute Gasteiger partial charge is 0.300 e. The summed E-state index contributed by atoms with van der Waals surface area (Å²) in [6, 6.07) is 4.73. The Balaban J connectivity index is 1.63. The Bertz CT molecular complexity index is 612. The van der Waals surface area contributed by atoms with Crippen molar-refractivity contribution in [3.8, 4) is 0 Å². The molecule has 0 radical (unpaired) electrons. The van der Waals surface area contributed by atoms with Crippen molar-refractivity contribution in [1.82, 2.24) is 19.8 Å². The monoisotopic (exact) mass is 330 g/mol. The molecule has 5 heteroatoms. The van der Waals surface area contributed by atoms with Gasteiger partial charge < -0.3 is 4.90 Å². The molecule has 0 N–H and O–H groups in total. The van der Waals surface area contributed by atoms with Crippen LogP contribution in [0.2, 0.25) is 0 Å². The van der Waals surface area contributed by atoms with Gasteiger partial charge in [-0.3, -0.25) is 9.88 Å². The van der Waals surface area contributed by atoms with E-state index >= 15 is 0 Å². The van der Waals surface area contributed by atoms with E-state index in [-0.39, 0.29) is 0 Å². The first-order valence-electron chi connectivity index (χ1n) is 8.39. The molecule has 2 atom stereocenters. The summed E-state index contributed by atoms with van der Waals surface area (Å²) in [4.78, 5) is 13.9. The second-order valence-corrected chi connectivity index (χ2v) is 7.49. The van der Waals surface area contributed by atoms with E-state index in [1.165, 1.54) is 22.7 Å². The molecule has 0 aromatic carbocycles. The molecule has 23 heavy (non-hydrogen) atoms. The highest BCUT2D eigenvalue weighted by Gasteiger charge is 2.33. The lowest BCUT2D eigenvalue weighted by Gasteiger charge is -2.28. The number of rotatable bonds is 6. The minimum Gasteiger partial charge on any atom is -0.300 e. The highest BCUT2D eigenvalue weighted by molar-refractivity contribution is 7.09. The highest BCUT2D eigenvalue weighted by Crippen LogP contribution is 2.36. The van der Waals surface area contributed by atoms with Crippen LogP contribution in [0.4, 0.5) is 0 Å². The van der Waals surface area contributed by atoms with E-state index in [0.717, 1.165) is 26.1 Å². The fourth-order valence-corrected chi connectivity index (χ4v) is 4.36. The quantitative estimate of drug-likeness (QED) is 0.814. The van der Waals surface area contributed by atoms with Gasteiger partial charge in [-0.1, -0.05) is 13.0 Å². The first-order valence-corrected chi connectivity index (χ1v) is 9.27. The molecule has 1 aliphatic rings. The van der Waals surface area contributed by atoms with Crippen molar-refractivity contribution in [3.05, 3.63) is 46.2 Å². The summed E-state index contributed by atoms with van der Waals surface area (Å²) in [5.74, 6) is 0.651. The summed E-state index contributed by atoms with van der Waals surface area (Å²) < 4.78 is 0. The van der Waals surface area contributed by atoms with Crippen LogP contribution in [0.3, 0.4) is 0 Å². The second kappa shape index (κ2) is 7.51. The van der Waals surface area contributed by atoms with Crippen LogP contribution in [0.25, 0.3) is 0 Å². The van der Waals surface area contributed by atoms with Crippen LogP contribution in [-0.2, 0) is 13.0 Å². The smallest absolute Gasteiger partial charge is 0.0926 e. The number of thiazole rings is 1. The average Bonchev–Trinajstić information content (AvgIpc) is 3.15. The van der Waals surface area contributed by atoms with Crippen molar-refractivity contribution < 1.29 is 0 Å². The molecule has 2 aromatic rings. The number of aryl methyl sites for hydroxylation is 1. The maximum Gasteiger partial charge on any atom is 0.0926 e. The minimum absolute atomic E-state index is 0.479. The fourth-order valence-electron chi connectivity index (χ4n) is 3.62. The lowest BCUT2D eigenvalue weighted by Crippen LogP contribution is -2.30. The third kappa shape index (κ3) is 3.97. The summed E-state index contributed by atoms with van der Waals surface area (Å²) in [5, 5.41) is 3.44. The lowest BCUT2D eigenvalue weighted by atomic mass is 9.94. The molecule has 1 aliphatic heterocycles. The van der Waals surface area contributed by atoms with Gasteiger partial charge >= 0.3 is 0 Å². The van der Waals surface area contributed by atoms with Gasteiger partial charge in [-0.15, -0.1) is 11.3 Å². The number of hydrogen-bond donors (Lipinski definition) is 0. The fraction of sp³-hybridized carbons (Fsp3) is 0.556. The molecule has 3 rings (SSSR count). The Kier molecular flexibility index (Phi) is 5.41. The molecule has 0 unspecified atom stereocenters. The standard InChI is InChI=1S/C18H26N4S/c1-4-17-20-16(13-23-17)12-21(2)11-15-7-9-22(3)18(15)14-6-5-8-19-10-14/h5-6,8,10,13,15,18H,4,7,9,11-12H2,1-3H3/t15-,18-/m0/s1. The molecule has 0 aliphatic carbocycles. The predicted molar refractivity (Wildman–Crippen MR) is 95.5 cm³/mol. The van der Waals surface area contributed by atoms with Gasteiger partial charge in [0.2, 0.25) is 0 Å². The van der Waals surface area contributed by atoms with Crippen LogP contribution >= 0.6 is 11.3 Å². The molecular formula is C18H26N4S. The molecule has 0 bridgehead atoms. The van der Waals surface area contributed by atoms with Gasteiger partial charge in [0.15, 0.2) is 0 Å². The van der Waals surface area contributed by atoms with E-state index in [1.807, 2.05) is 18.5 Å². The SMILES string of the molecule is CCc1nc(CN(C)C[C@@H]2CCN(C)[C@H]2c2cccnc2)cs1. The van der Waals surface area contributed by atoms with E-state index in [0.29, 0.717) is 12.0 Å². The average molecular weight is 331 g/mol. The summed E-state index contributed by atoms with van der Waals surface area (Å²) in [6.07, 6.45) is 6.16. The minimum atomic E-state index is 0.479. The molecule has 0 spiro atoms. The zero-order valence-corrected chi connectivity index (χ0v) is 15.1. The number of nitrogens with zero attached hydrogens (tertiary/aromatic N) is 4. The summed E-state index contributed by atoms with van der Waals surface area (Å²) in [7, 11) is 4.44. The Morgan fingerprint density at radius 1 is 1.43 bits per heavy atom. The van der Waals surface area contributed by atoms with Crippen molar-refractivity contribution in [2.24, 2.45) is 5.92 Å². The van der Waals surface area contributed by atoms with Crippen molar-refractivity contribution in [2.75, 3.05) is 27.2 Å². The molecule has 1 fully saturated rings. The predicted octanol–water partition coefficient (Wildman–Crippen LogP) is 3.23. The van der Waals surface area contributed by atoms with Gasteiger partial charge in [-0.25, -0.2) is 4.98 Å². The molecule has 2 aromatic heterocycles. The first-order chi connectivity index (χ1) is 11.2. The van der Waals surface area contributed by atoms with Crippen molar-refractivity contribution in [3.63, 3.8) is 0 Å². The number of hydrogen-bond acceptors (Lipinski definition) is 5. The molecule has 3 heterocycles. The normalized spacial score (nSPS) is 22.1. The van der Waals surface area contributed by atoms with Gasteiger partial charge in [0.25, 0.3) is 0 Å². The number of aromatic nitrogens is 2. The van der Waals surface area contributed by atoms with Crippen LogP contribution in [-0.4, -0.2) is 47.0 Å². The van der Waals surface area contributed by atoms with E-state index in [2.05, 4.69) is 47.2 Å². The third-order valence-electron chi connectivity index (χ3n) is 4.68. The molecule has 0 amide bonds. The molecule has 1 saturated heterocycles. The maximum atomic E-state index is 4.69. The van der Waals surface area contributed by atoms with Gasteiger partial charge in [-0.2, -0.15) is 0 Å². The van der Waals surface area contributed by atoms with Gasteiger partial charge in [0.1, 0.15) is 0 Å². The summed E-state index contributed by atoms with van der Waals surface area (Å²) >= 11 is 1.78. The molecular weight excluding hydrogens is 304 g/mol. The Labute approximate surface area is 143 Å². The van der Waals surface area contributed by atoms with E-state index in [1.54, 1.807) is 11.3 Å². The highest BCUT2D eigenvalue weighted by atomic mass is 32.1. The van der Waals surface area contributed by atoms with Gasteiger partial charge in [0, 0.05) is 36.9 Å². The van der Waals surface area contributed by atoms with Crippen LogP contribution in [0.5, 0.6) is 0 Å². The Hall–Kier alpha value is -1.30. The third-order valence-corrected chi connectivity index (χ3v) is 5.72. The van der Waals surface area contributed by atoms with Crippen molar-refractivity contribution in [2.45, 2.75) is 32.4 Å². The van der Waals surface area contributed by atoms with Crippen LogP contribution in [0.15, 0.2) is 29.9 Å². The lowest BCUT2D eigenvalue weighted by molar-refractivity contribution is 0.212. The van der Waals surface area contributed by atoms with Gasteiger partial charge in [0.05, 0.1) is 10.7 Å². The maximum absolute atomic E-state index is 4.69. The first kappa shape index (κ1) is 16.6. The van der Waals surface area contributed by atoms with E-state index in [4.69, 9.17) is 4.98 Å². The van der Waals surface area contributed by atoms with E-state index < -0.39 is 0 Å². The Morgan fingerprint density at radius 2 is 2.30 bits per heavy atom. The van der Waals surface area contributed by atoms with E-state index in [9.17, 15) is 0 Å². The topological polar surface area (TPSA) is 32.3 Å². The zero-order chi connectivity index (χ0) is 16.2. The molecule has 0 saturated carbocycles. The van der Waals surface area contributed by atoms with Crippen LogP contribution in [0, 0.1) is 5.92 Å². The number of likely N-dealkylation sites (tertiary alicyclic amines) is 1. The molecule has 124 valence electrons. The summed E-state index contributed by atoms with van der Waals surface area (Å²) in [5.41, 5.74) is 2.55. The zero-order valence-electron chi connectivity index (χ0n) is 14.3. The Morgan fingerprint density at radius 3 is 3.00 bits per heavy atom. The van der Waals surface area contributed by atoms with Crippen LogP contribution < -0.4 is 0 Å². The number of pyridine rings is 1. The summed E-state index contributed by atoms with van der Waals surface area (Å²) in [6.45, 7) is 5.37. The van der Waals surface area contributed by atoms with Gasteiger partial charge in [-0.05, 0) is 51.0 Å². The molecule has 4 nitrogen and oxygen atoms in total. The van der Waals surface area contributed by atoms with Crippen molar-refractivity contribution in [1.29, 1.82) is 0 Å².